The molecule has 5 heteroatoms. The number of benzene rings is 1. The molecule has 2 aromatic heterocycles. The van der Waals surface area contributed by atoms with Gasteiger partial charge in [0.1, 0.15) is 17.2 Å². The number of fused-ring (bicyclic) bond motifs is 1. The molecule has 0 fully saturated rings. The highest BCUT2D eigenvalue weighted by atomic mass is 16.5. The van der Waals surface area contributed by atoms with Crippen molar-refractivity contribution in [3.05, 3.63) is 42.1 Å². The first-order chi connectivity index (χ1) is 10.7. The van der Waals surface area contributed by atoms with Crippen LogP contribution < -0.4 is 10.5 Å². The van der Waals surface area contributed by atoms with E-state index in [1.165, 1.54) is 0 Å². The summed E-state index contributed by atoms with van der Waals surface area (Å²) in [6.45, 7) is 2.62. The summed E-state index contributed by atoms with van der Waals surface area (Å²) in [7, 11) is 0. The van der Waals surface area contributed by atoms with Crippen molar-refractivity contribution >= 4 is 16.9 Å². The Bertz CT molecular complexity index is 796. The molecule has 3 rings (SSSR count). The van der Waals surface area contributed by atoms with Gasteiger partial charge in [0, 0.05) is 17.1 Å². The number of nitrogens with one attached hydrogen (secondary N) is 1. The third-order valence-corrected chi connectivity index (χ3v) is 3.55. The van der Waals surface area contributed by atoms with Crippen LogP contribution in [-0.4, -0.2) is 21.7 Å². The highest BCUT2D eigenvalue weighted by Crippen LogP contribution is 2.32. The quantitative estimate of drug-likeness (QED) is 0.675. The molecule has 2 heterocycles. The van der Waals surface area contributed by atoms with Gasteiger partial charge in [-0.05, 0) is 41.8 Å². The second kappa shape index (κ2) is 6.07. The number of hydrogen-bond acceptors (Lipinski definition) is 4. The van der Waals surface area contributed by atoms with Gasteiger partial charge in [-0.3, -0.25) is 0 Å². The fourth-order valence-corrected chi connectivity index (χ4v) is 2.52. The van der Waals surface area contributed by atoms with Crippen molar-refractivity contribution in [2.45, 2.75) is 20.0 Å². The van der Waals surface area contributed by atoms with Gasteiger partial charge in [0.15, 0.2) is 0 Å². The number of nitrogen functional groups attached to an aromatic ring is 1. The maximum Gasteiger partial charge on any atom is 0.140 e. The lowest BCUT2D eigenvalue weighted by atomic mass is 10.0. The van der Waals surface area contributed by atoms with Gasteiger partial charge < -0.3 is 20.6 Å². The number of aromatic nitrogens is 2. The number of ether oxygens (including phenoxy) is 1. The Morgan fingerprint density at radius 2 is 2.14 bits per heavy atom. The Hall–Kier alpha value is -2.53. The van der Waals surface area contributed by atoms with E-state index in [9.17, 15) is 5.11 Å². The summed E-state index contributed by atoms with van der Waals surface area (Å²) in [5.74, 6) is 1.18. The minimum atomic E-state index is -0.0657. The van der Waals surface area contributed by atoms with Crippen LogP contribution in [0.1, 0.15) is 18.9 Å². The summed E-state index contributed by atoms with van der Waals surface area (Å²) in [6, 6.07) is 9.62. The van der Waals surface area contributed by atoms with Gasteiger partial charge in [-0.25, -0.2) is 4.98 Å². The molecule has 0 unspecified atom stereocenters. The summed E-state index contributed by atoms with van der Waals surface area (Å²) >= 11 is 0. The van der Waals surface area contributed by atoms with Crippen LogP contribution >= 0.6 is 0 Å². The first-order valence-electron chi connectivity index (χ1n) is 7.33. The number of nitrogens with two attached hydrogens (primary N) is 1. The van der Waals surface area contributed by atoms with Gasteiger partial charge in [-0.2, -0.15) is 0 Å². The van der Waals surface area contributed by atoms with Crippen LogP contribution in [0, 0.1) is 0 Å². The molecule has 0 saturated heterocycles. The van der Waals surface area contributed by atoms with E-state index in [0.29, 0.717) is 12.4 Å². The van der Waals surface area contributed by atoms with E-state index in [4.69, 9.17) is 10.5 Å². The predicted molar refractivity (Wildman–Crippen MR) is 87.7 cm³/mol. The maximum absolute atomic E-state index is 9.59. The summed E-state index contributed by atoms with van der Waals surface area (Å²) in [6.07, 6.45) is 2.77. The van der Waals surface area contributed by atoms with E-state index in [1.807, 2.05) is 36.5 Å². The summed E-state index contributed by atoms with van der Waals surface area (Å²) in [5, 5.41) is 10.6. The minimum Gasteiger partial charge on any atom is -0.493 e. The number of rotatable bonds is 5. The van der Waals surface area contributed by atoms with Crippen molar-refractivity contribution in [2.75, 3.05) is 12.3 Å². The van der Waals surface area contributed by atoms with Crippen molar-refractivity contribution < 1.29 is 9.84 Å². The molecule has 0 saturated carbocycles. The Morgan fingerprint density at radius 1 is 1.27 bits per heavy atom. The molecule has 1 aromatic carbocycles. The lowest BCUT2D eigenvalue weighted by Crippen LogP contribution is -1.99. The molecule has 0 atom stereocenters. The van der Waals surface area contributed by atoms with Crippen LogP contribution in [-0.2, 0) is 6.61 Å². The number of nitrogens with zero attached hydrogens (tertiary/aromatic N) is 1. The first kappa shape index (κ1) is 14.4. The van der Waals surface area contributed by atoms with Crippen LogP contribution in [0.5, 0.6) is 5.75 Å². The number of H-pyrrole nitrogens is 1. The molecule has 0 aliphatic rings. The topological polar surface area (TPSA) is 84.2 Å². The van der Waals surface area contributed by atoms with Crippen LogP contribution in [0.4, 0.5) is 5.82 Å². The van der Waals surface area contributed by atoms with Gasteiger partial charge in [0.05, 0.1) is 13.2 Å². The van der Waals surface area contributed by atoms with E-state index in [1.54, 1.807) is 0 Å². The van der Waals surface area contributed by atoms with Crippen molar-refractivity contribution in [3.63, 3.8) is 0 Å². The second-order valence-corrected chi connectivity index (χ2v) is 5.16. The molecular formula is C17H19N3O2. The van der Waals surface area contributed by atoms with Gasteiger partial charge >= 0.3 is 0 Å². The summed E-state index contributed by atoms with van der Waals surface area (Å²) < 4.78 is 5.66. The predicted octanol–water partition coefficient (Wildman–Crippen LogP) is 3.09. The molecule has 0 aliphatic heterocycles. The number of pyridine rings is 1. The minimum absolute atomic E-state index is 0.0657. The fourth-order valence-electron chi connectivity index (χ4n) is 2.52. The molecule has 5 nitrogen and oxygen atoms in total. The molecule has 0 bridgehead atoms. The molecular weight excluding hydrogens is 278 g/mol. The Balaban J connectivity index is 2.08. The highest BCUT2D eigenvalue weighted by molar-refractivity contribution is 5.94. The van der Waals surface area contributed by atoms with E-state index in [2.05, 4.69) is 16.9 Å². The highest BCUT2D eigenvalue weighted by Gasteiger charge is 2.11. The number of aliphatic hydroxyl groups excluding tert-OH is 1. The van der Waals surface area contributed by atoms with Crippen molar-refractivity contribution in [1.82, 2.24) is 9.97 Å². The lowest BCUT2D eigenvalue weighted by Gasteiger charge is -2.12. The lowest BCUT2D eigenvalue weighted by molar-refractivity contribution is 0.263. The van der Waals surface area contributed by atoms with Crippen molar-refractivity contribution in [2.24, 2.45) is 0 Å². The first-order valence-corrected chi connectivity index (χ1v) is 7.33. The third kappa shape index (κ3) is 2.63. The van der Waals surface area contributed by atoms with Crippen LogP contribution in [0.25, 0.3) is 22.2 Å². The molecule has 4 N–H and O–H groups in total. The Morgan fingerprint density at radius 3 is 2.91 bits per heavy atom. The average molecular weight is 297 g/mol. The van der Waals surface area contributed by atoms with Gasteiger partial charge in [0.25, 0.3) is 0 Å². The number of anilines is 1. The van der Waals surface area contributed by atoms with E-state index >= 15 is 0 Å². The zero-order valence-corrected chi connectivity index (χ0v) is 12.5. The molecule has 0 amide bonds. The SMILES string of the molecule is CCCOc1ccc(-c2cc(N)nc3[nH]ccc23)cc1CO. The zero-order valence-electron chi connectivity index (χ0n) is 12.5. The second-order valence-electron chi connectivity index (χ2n) is 5.16. The average Bonchev–Trinajstić information content (AvgIpc) is 3.00. The molecule has 0 aliphatic carbocycles. The van der Waals surface area contributed by atoms with Crippen LogP contribution in [0.3, 0.4) is 0 Å². The molecule has 22 heavy (non-hydrogen) atoms. The molecule has 3 aromatic rings. The monoisotopic (exact) mass is 297 g/mol. The number of aromatic amines is 1. The summed E-state index contributed by atoms with van der Waals surface area (Å²) in [5.41, 5.74) is 9.37. The van der Waals surface area contributed by atoms with Gasteiger partial charge in [-0.1, -0.05) is 13.0 Å². The molecule has 114 valence electrons. The summed E-state index contributed by atoms with van der Waals surface area (Å²) in [4.78, 5) is 7.34. The fraction of sp³-hybridized carbons (Fsp3) is 0.235. The molecule has 0 radical (unpaired) electrons. The molecule has 0 spiro atoms. The Kier molecular flexibility index (Phi) is 3.98. The zero-order chi connectivity index (χ0) is 15.5. The van der Waals surface area contributed by atoms with Crippen molar-refractivity contribution in [1.29, 1.82) is 0 Å². The van der Waals surface area contributed by atoms with Gasteiger partial charge in [0.2, 0.25) is 0 Å². The Labute approximate surface area is 128 Å². The smallest absolute Gasteiger partial charge is 0.140 e. The number of aliphatic hydroxyl groups is 1. The largest absolute Gasteiger partial charge is 0.493 e. The van der Waals surface area contributed by atoms with Crippen LogP contribution in [0.2, 0.25) is 0 Å². The van der Waals surface area contributed by atoms with Crippen LogP contribution in [0.15, 0.2) is 36.5 Å². The van der Waals surface area contributed by atoms with Gasteiger partial charge in [-0.15, -0.1) is 0 Å². The van der Waals surface area contributed by atoms with E-state index in [-0.39, 0.29) is 6.61 Å². The van der Waals surface area contributed by atoms with E-state index < -0.39 is 0 Å². The van der Waals surface area contributed by atoms with E-state index in [0.717, 1.165) is 39.9 Å². The number of hydrogen-bond donors (Lipinski definition) is 3. The van der Waals surface area contributed by atoms with Crippen molar-refractivity contribution in [3.8, 4) is 16.9 Å². The normalized spacial score (nSPS) is 11.0. The standard InChI is InChI=1S/C17H19N3O2/c1-2-7-22-15-4-3-11(8-12(15)10-21)14-9-16(18)20-17-13(14)5-6-19-17/h3-6,8-9,21H,2,7,10H2,1H3,(H3,18,19,20). The maximum atomic E-state index is 9.59. The third-order valence-electron chi connectivity index (χ3n) is 3.55.